The fraction of sp³-hybridized carbons (Fsp3) is 0.538. The van der Waals surface area contributed by atoms with Gasteiger partial charge in [-0.3, -0.25) is 0 Å². The number of ether oxygens (including phenoxy) is 2. The molecule has 1 N–H and O–H groups in total. The zero-order valence-corrected chi connectivity index (χ0v) is 10.6. The van der Waals surface area contributed by atoms with Gasteiger partial charge in [0.15, 0.2) is 11.5 Å². The van der Waals surface area contributed by atoms with Crippen molar-refractivity contribution in [3.8, 4) is 11.5 Å². The predicted molar refractivity (Wildman–Crippen MR) is 64.2 cm³/mol. The zero-order valence-electron chi connectivity index (χ0n) is 10.6. The average molecular weight is 224 g/mol. The Bertz CT molecular complexity index is 364. The highest BCUT2D eigenvalue weighted by Crippen LogP contribution is 2.35. The van der Waals surface area contributed by atoms with Crippen molar-refractivity contribution >= 4 is 0 Å². The van der Waals surface area contributed by atoms with E-state index in [1.165, 1.54) is 0 Å². The summed E-state index contributed by atoms with van der Waals surface area (Å²) in [6.45, 7) is 5.59. The third-order valence-corrected chi connectivity index (χ3v) is 2.65. The normalized spacial score (nSPS) is 11.4. The molecule has 0 heterocycles. The number of hydrogen-bond donors (Lipinski definition) is 1. The van der Waals surface area contributed by atoms with Crippen molar-refractivity contribution < 1.29 is 14.6 Å². The van der Waals surface area contributed by atoms with E-state index in [4.69, 9.17) is 9.47 Å². The molecule has 0 aliphatic heterocycles. The minimum Gasteiger partial charge on any atom is -0.493 e. The molecule has 0 spiro atoms. The van der Waals surface area contributed by atoms with Gasteiger partial charge in [-0.2, -0.15) is 0 Å². The van der Waals surface area contributed by atoms with Crippen LogP contribution in [-0.2, 0) is 12.0 Å². The van der Waals surface area contributed by atoms with Crippen LogP contribution in [0.2, 0.25) is 0 Å². The molecule has 1 aromatic rings. The maximum Gasteiger partial charge on any atom is 0.161 e. The van der Waals surface area contributed by atoms with Crippen molar-refractivity contribution in [1.82, 2.24) is 0 Å². The largest absolute Gasteiger partial charge is 0.493 e. The van der Waals surface area contributed by atoms with E-state index in [1.807, 2.05) is 12.1 Å². The third-order valence-electron chi connectivity index (χ3n) is 2.65. The summed E-state index contributed by atoms with van der Waals surface area (Å²) in [7, 11) is 3.21. The van der Waals surface area contributed by atoms with Gasteiger partial charge in [0.05, 0.1) is 19.8 Å². The van der Waals surface area contributed by atoms with E-state index in [9.17, 15) is 5.11 Å². The molecule has 0 bridgehead atoms. The lowest BCUT2D eigenvalue weighted by atomic mass is 9.91. The van der Waals surface area contributed by atoms with E-state index in [0.29, 0.717) is 11.5 Å². The van der Waals surface area contributed by atoms with Crippen LogP contribution in [0, 0.1) is 0 Å². The van der Waals surface area contributed by atoms with Crippen LogP contribution in [0.5, 0.6) is 11.5 Å². The smallest absolute Gasteiger partial charge is 0.161 e. The van der Waals surface area contributed by atoms with E-state index in [-0.39, 0.29) is 0 Å². The Labute approximate surface area is 97.0 Å². The third kappa shape index (κ3) is 2.47. The molecular formula is C13H20O3. The molecule has 3 nitrogen and oxygen atoms in total. The Balaban J connectivity index is 3.38. The lowest BCUT2D eigenvalue weighted by Crippen LogP contribution is -2.18. The van der Waals surface area contributed by atoms with Crippen molar-refractivity contribution in [3.05, 3.63) is 23.3 Å². The van der Waals surface area contributed by atoms with Gasteiger partial charge in [-0.25, -0.2) is 0 Å². The first-order chi connectivity index (χ1) is 7.43. The summed E-state index contributed by atoms with van der Waals surface area (Å²) in [5.74, 6) is 1.35. The molecule has 0 radical (unpaired) electrons. The van der Waals surface area contributed by atoms with Gasteiger partial charge >= 0.3 is 0 Å². The standard InChI is InChI=1S/C13H20O3/c1-6-9-7-11(15-4)12(16-5)8-10(9)13(2,3)14/h7-8,14H,6H2,1-5H3. The van der Waals surface area contributed by atoms with Crippen LogP contribution in [-0.4, -0.2) is 19.3 Å². The second-order valence-corrected chi connectivity index (χ2v) is 4.28. The van der Waals surface area contributed by atoms with Crippen LogP contribution in [0.3, 0.4) is 0 Å². The van der Waals surface area contributed by atoms with Gasteiger partial charge in [0.25, 0.3) is 0 Å². The number of benzene rings is 1. The first kappa shape index (κ1) is 12.8. The molecule has 0 aliphatic rings. The Morgan fingerprint density at radius 3 is 2.00 bits per heavy atom. The molecule has 0 amide bonds. The van der Waals surface area contributed by atoms with Gasteiger partial charge in [0.1, 0.15) is 0 Å². The fourth-order valence-corrected chi connectivity index (χ4v) is 1.78. The first-order valence-corrected chi connectivity index (χ1v) is 5.41. The summed E-state index contributed by atoms with van der Waals surface area (Å²) < 4.78 is 10.5. The number of aryl methyl sites for hydroxylation is 1. The fourth-order valence-electron chi connectivity index (χ4n) is 1.78. The molecule has 16 heavy (non-hydrogen) atoms. The minimum atomic E-state index is -0.870. The van der Waals surface area contributed by atoms with Gasteiger partial charge in [0.2, 0.25) is 0 Å². The van der Waals surface area contributed by atoms with Crippen molar-refractivity contribution in [2.45, 2.75) is 32.8 Å². The highest BCUT2D eigenvalue weighted by atomic mass is 16.5. The number of rotatable bonds is 4. The van der Waals surface area contributed by atoms with Gasteiger partial charge in [0, 0.05) is 0 Å². The van der Waals surface area contributed by atoms with Gasteiger partial charge in [-0.05, 0) is 43.5 Å². The number of methoxy groups -OCH3 is 2. The minimum absolute atomic E-state index is 0.650. The summed E-state index contributed by atoms with van der Waals surface area (Å²) in [6.07, 6.45) is 0.847. The van der Waals surface area contributed by atoms with Gasteiger partial charge < -0.3 is 14.6 Å². The van der Waals surface area contributed by atoms with Crippen LogP contribution < -0.4 is 9.47 Å². The maximum atomic E-state index is 10.1. The van der Waals surface area contributed by atoms with E-state index in [0.717, 1.165) is 17.5 Å². The summed E-state index contributed by atoms with van der Waals surface area (Å²) >= 11 is 0. The molecule has 90 valence electrons. The van der Waals surface area contributed by atoms with Crippen molar-refractivity contribution in [1.29, 1.82) is 0 Å². The van der Waals surface area contributed by atoms with Crippen molar-refractivity contribution in [2.24, 2.45) is 0 Å². The molecular weight excluding hydrogens is 204 g/mol. The molecule has 0 unspecified atom stereocenters. The molecule has 0 fully saturated rings. The second-order valence-electron chi connectivity index (χ2n) is 4.28. The van der Waals surface area contributed by atoms with Crippen molar-refractivity contribution in [3.63, 3.8) is 0 Å². The van der Waals surface area contributed by atoms with Gasteiger partial charge in [-0.15, -0.1) is 0 Å². The Kier molecular flexibility index (Phi) is 3.81. The van der Waals surface area contributed by atoms with Crippen LogP contribution in [0.1, 0.15) is 31.9 Å². The summed E-state index contributed by atoms with van der Waals surface area (Å²) in [6, 6.07) is 3.77. The molecule has 0 atom stereocenters. The summed E-state index contributed by atoms with van der Waals surface area (Å²) in [5, 5.41) is 10.1. The molecule has 0 aliphatic carbocycles. The number of aliphatic hydroxyl groups is 1. The van der Waals surface area contributed by atoms with E-state index in [1.54, 1.807) is 28.1 Å². The predicted octanol–water partition coefficient (Wildman–Crippen LogP) is 2.49. The highest BCUT2D eigenvalue weighted by Gasteiger charge is 2.22. The lowest BCUT2D eigenvalue weighted by molar-refractivity contribution is 0.0773. The number of hydrogen-bond acceptors (Lipinski definition) is 3. The maximum absolute atomic E-state index is 10.1. The van der Waals surface area contributed by atoms with E-state index >= 15 is 0 Å². The Morgan fingerprint density at radius 2 is 1.62 bits per heavy atom. The Morgan fingerprint density at radius 1 is 1.12 bits per heavy atom. The molecule has 0 saturated carbocycles. The quantitative estimate of drug-likeness (QED) is 0.854. The first-order valence-electron chi connectivity index (χ1n) is 5.41. The summed E-state index contributed by atoms with van der Waals surface area (Å²) in [5.41, 5.74) is 1.09. The second kappa shape index (κ2) is 4.74. The molecule has 1 rings (SSSR count). The average Bonchev–Trinajstić information content (AvgIpc) is 2.25. The lowest BCUT2D eigenvalue weighted by Gasteiger charge is -2.23. The SMILES string of the molecule is CCc1cc(OC)c(OC)cc1C(C)(C)O. The zero-order chi connectivity index (χ0) is 12.3. The van der Waals surface area contributed by atoms with Crippen LogP contribution in [0.15, 0.2) is 12.1 Å². The highest BCUT2D eigenvalue weighted by molar-refractivity contribution is 5.49. The molecule has 0 aromatic heterocycles. The van der Waals surface area contributed by atoms with Crippen LogP contribution >= 0.6 is 0 Å². The van der Waals surface area contributed by atoms with Crippen molar-refractivity contribution in [2.75, 3.05) is 14.2 Å². The molecule has 3 heteroatoms. The Hall–Kier alpha value is -1.22. The van der Waals surface area contributed by atoms with E-state index in [2.05, 4.69) is 6.92 Å². The van der Waals surface area contributed by atoms with Crippen LogP contribution in [0.25, 0.3) is 0 Å². The topological polar surface area (TPSA) is 38.7 Å². The molecule has 1 aromatic carbocycles. The summed E-state index contributed by atoms with van der Waals surface area (Å²) in [4.78, 5) is 0. The monoisotopic (exact) mass is 224 g/mol. The van der Waals surface area contributed by atoms with Crippen LogP contribution in [0.4, 0.5) is 0 Å². The molecule has 0 saturated heterocycles. The van der Waals surface area contributed by atoms with E-state index < -0.39 is 5.60 Å². The van der Waals surface area contributed by atoms with Gasteiger partial charge in [-0.1, -0.05) is 6.92 Å².